The molecule has 1 aliphatic carbocycles. The van der Waals surface area contributed by atoms with Crippen molar-refractivity contribution in [1.82, 2.24) is 5.16 Å². The van der Waals surface area contributed by atoms with Gasteiger partial charge in [-0.25, -0.2) is 0 Å². The Hall–Kier alpha value is -2.99. The first-order valence-corrected chi connectivity index (χ1v) is 9.20. The Morgan fingerprint density at radius 2 is 1.79 bits per heavy atom. The Bertz CT molecular complexity index is 1010. The fourth-order valence-electron chi connectivity index (χ4n) is 3.14. The summed E-state index contributed by atoms with van der Waals surface area (Å²) in [5.74, 6) is 1.65. The Morgan fingerprint density at radius 3 is 2.43 bits per heavy atom. The minimum Gasteiger partial charge on any atom is -0.493 e. The van der Waals surface area contributed by atoms with E-state index in [4.69, 9.17) is 25.6 Å². The number of halogens is 1. The van der Waals surface area contributed by atoms with Crippen molar-refractivity contribution in [1.29, 1.82) is 0 Å². The smallest absolute Gasteiger partial charge is 0.236 e. The van der Waals surface area contributed by atoms with Gasteiger partial charge in [0.15, 0.2) is 17.3 Å². The lowest BCUT2D eigenvalue weighted by Crippen LogP contribution is -2.28. The van der Waals surface area contributed by atoms with Gasteiger partial charge in [-0.2, -0.15) is 0 Å². The maximum Gasteiger partial charge on any atom is 0.236 e. The molecule has 1 amide bonds. The molecule has 1 aliphatic rings. The molecule has 4 rings (SSSR count). The first-order chi connectivity index (χ1) is 13.6. The van der Waals surface area contributed by atoms with Gasteiger partial charge in [-0.05, 0) is 49.2 Å². The fourth-order valence-corrected chi connectivity index (χ4v) is 3.27. The van der Waals surface area contributed by atoms with E-state index in [0.29, 0.717) is 33.7 Å². The van der Waals surface area contributed by atoms with Crippen LogP contribution < -0.4 is 14.8 Å². The molecule has 3 aromatic rings. The Kier molecular flexibility index (Phi) is 4.73. The lowest BCUT2D eigenvalue weighted by atomic mass is 10.00. The van der Waals surface area contributed by atoms with Crippen LogP contribution in [0.25, 0.3) is 11.3 Å². The van der Waals surface area contributed by atoms with Crippen molar-refractivity contribution in [2.24, 2.45) is 0 Å². The van der Waals surface area contributed by atoms with Gasteiger partial charge in [0.2, 0.25) is 5.91 Å². The summed E-state index contributed by atoms with van der Waals surface area (Å²) in [6.07, 6.45) is 1.44. The molecule has 1 N–H and O–H groups in total. The van der Waals surface area contributed by atoms with Crippen LogP contribution in [0, 0.1) is 0 Å². The Balaban J connectivity index is 1.54. The molecule has 144 valence electrons. The number of methoxy groups -OCH3 is 2. The number of hydrogen-bond donors (Lipinski definition) is 1. The zero-order chi connectivity index (χ0) is 19.7. The number of anilines is 1. The molecule has 0 bridgehead atoms. The van der Waals surface area contributed by atoms with E-state index in [1.54, 1.807) is 44.6 Å². The fraction of sp³-hybridized carbons (Fsp3) is 0.238. The molecule has 0 spiro atoms. The van der Waals surface area contributed by atoms with Gasteiger partial charge >= 0.3 is 0 Å². The summed E-state index contributed by atoms with van der Waals surface area (Å²) >= 11 is 5.93. The molecular weight excluding hydrogens is 380 g/mol. The van der Waals surface area contributed by atoms with E-state index in [-0.39, 0.29) is 5.91 Å². The number of benzene rings is 2. The molecule has 28 heavy (non-hydrogen) atoms. The van der Waals surface area contributed by atoms with Gasteiger partial charge in [0.1, 0.15) is 0 Å². The van der Waals surface area contributed by atoms with Crippen LogP contribution >= 0.6 is 11.6 Å². The van der Waals surface area contributed by atoms with Gasteiger partial charge in [-0.1, -0.05) is 16.8 Å². The van der Waals surface area contributed by atoms with Gasteiger partial charge in [0, 0.05) is 28.4 Å². The molecule has 0 aliphatic heterocycles. The second-order valence-corrected chi connectivity index (χ2v) is 7.13. The summed E-state index contributed by atoms with van der Waals surface area (Å²) in [7, 11) is 3.12. The predicted molar refractivity (Wildman–Crippen MR) is 106 cm³/mol. The summed E-state index contributed by atoms with van der Waals surface area (Å²) in [6.45, 7) is 0. The second kappa shape index (κ2) is 7.20. The van der Waals surface area contributed by atoms with Crippen molar-refractivity contribution >= 4 is 23.2 Å². The van der Waals surface area contributed by atoms with E-state index < -0.39 is 5.41 Å². The summed E-state index contributed by atoms with van der Waals surface area (Å²) in [5, 5.41) is 7.76. The number of nitrogens with zero attached hydrogens (tertiary/aromatic N) is 1. The van der Waals surface area contributed by atoms with Crippen molar-refractivity contribution < 1.29 is 18.8 Å². The molecule has 1 saturated carbocycles. The summed E-state index contributed by atoms with van der Waals surface area (Å²) < 4.78 is 16.0. The molecule has 1 aromatic heterocycles. The number of aromatic nitrogens is 1. The van der Waals surface area contributed by atoms with Gasteiger partial charge in [-0.15, -0.1) is 0 Å². The van der Waals surface area contributed by atoms with Crippen LogP contribution in [0.5, 0.6) is 11.5 Å². The monoisotopic (exact) mass is 398 g/mol. The van der Waals surface area contributed by atoms with Gasteiger partial charge in [-0.3, -0.25) is 4.79 Å². The SMILES string of the molecule is COc1ccc(NC(=O)C2(c3cc(-c4ccc(Cl)cc4)on3)CC2)cc1OC. The van der Waals surface area contributed by atoms with Crippen LogP contribution in [0.2, 0.25) is 5.02 Å². The molecule has 0 radical (unpaired) electrons. The molecule has 2 aromatic carbocycles. The zero-order valence-corrected chi connectivity index (χ0v) is 16.2. The number of nitrogens with one attached hydrogen (secondary N) is 1. The highest BCUT2D eigenvalue weighted by Crippen LogP contribution is 2.49. The molecule has 0 saturated heterocycles. The first kappa shape index (κ1) is 18.4. The van der Waals surface area contributed by atoms with Crippen LogP contribution in [0.3, 0.4) is 0 Å². The Labute approximate surface area is 167 Å². The predicted octanol–water partition coefficient (Wildman–Crippen LogP) is 4.68. The second-order valence-electron chi connectivity index (χ2n) is 6.69. The van der Waals surface area contributed by atoms with Crippen LogP contribution in [0.15, 0.2) is 53.1 Å². The highest BCUT2D eigenvalue weighted by molar-refractivity contribution is 6.30. The molecule has 7 heteroatoms. The third-order valence-electron chi connectivity index (χ3n) is 4.96. The van der Waals surface area contributed by atoms with Crippen LogP contribution in [-0.2, 0) is 10.2 Å². The average molecular weight is 399 g/mol. The third kappa shape index (κ3) is 3.31. The van der Waals surface area contributed by atoms with Crippen molar-refractivity contribution in [3.8, 4) is 22.8 Å². The maximum absolute atomic E-state index is 13.0. The number of carbonyl (C=O) groups is 1. The summed E-state index contributed by atoms with van der Waals surface area (Å²) in [6, 6.07) is 14.4. The van der Waals surface area contributed by atoms with E-state index >= 15 is 0 Å². The number of carbonyl (C=O) groups excluding carboxylic acids is 1. The highest BCUT2D eigenvalue weighted by atomic mass is 35.5. The molecule has 1 fully saturated rings. The summed E-state index contributed by atoms with van der Waals surface area (Å²) in [4.78, 5) is 13.0. The maximum atomic E-state index is 13.0. The quantitative estimate of drug-likeness (QED) is 0.652. The standard InChI is InChI=1S/C21H19ClN2O4/c1-26-16-8-7-15(11-18(16)27-2)23-20(25)21(9-10-21)19-12-17(28-24-19)13-3-5-14(22)6-4-13/h3-8,11-12H,9-10H2,1-2H3,(H,23,25). The summed E-state index contributed by atoms with van der Waals surface area (Å²) in [5.41, 5.74) is 1.46. The molecule has 1 heterocycles. The van der Waals surface area contributed by atoms with Crippen LogP contribution in [0.1, 0.15) is 18.5 Å². The molecule has 0 unspecified atom stereocenters. The third-order valence-corrected chi connectivity index (χ3v) is 5.21. The van der Waals surface area contributed by atoms with Crippen molar-refractivity contribution in [2.75, 3.05) is 19.5 Å². The van der Waals surface area contributed by atoms with E-state index in [2.05, 4.69) is 10.5 Å². The topological polar surface area (TPSA) is 73.6 Å². The van der Waals surface area contributed by atoms with E-state index in [1.807, 2.05) is 18.2 Å². The minimum absolute atomic E-state index is 0.115. The molecular formula is C21H19ClN2O4. The van der Waals surface area contributed by atoms with E-state index in [1.165, 1.54) is 0 Å². The number of hydrogen-bond acceptors (Lipinski definition) is 5. The largest absolute Gasteiger partial charge is 0.493 e. The van der Waals surface area contributed by atoms with Gasteiger partial charge in [0.25, 0.3) is 0 Å². The lowest BCUT2D eigenvalue weighted by Gasteiger charge is -2.14. The number of amides is 1. The van der Waals surface area contributed by atoms with Crippen molar-refractivity contribution in [3.63, 3.8) is 0 Å². The van der Waals surface area contributed by atoms with Gasteiger partial charge < -0.3 is 19.3 Å². The zero-order valence-electron chi connectivity index (χ0n) is 15.5. The highest BCUT2D eigenvalue weighted by Gasteiger charge is 2.53. The average Bonchev–Trinajstić information content (AvgIpc) is 3.38. The van der Waals surface area contributed by atoms with Crippen molar-refractivity contribution in [2.45, 2.75) is 18.3 Å². The normalized spacial score (nSPS) is 14.4. The van der Waals surface area contributed by atoms with Crippen LogP contribution in [0.4, 0.5) is 5.69 Å². The number of rotatable bonds is 6. The van der Waals surface area contributed by atoms with E-state index in [0.717, 1.165) is 18.4 Å². The number of ether oxygens (including phenoxy) is 2. The van der Waals surface area contributed by atoms with E-state index in [9.17, 15) is 4.79 Å². The lowest BCUT2D eigenvalue weighted by molar-refractivity contribution is -0.118. The Morgan fingerprint density at radius 1 is 1.07 bits per heavy atom. The van der Waals surface area contributed by atoms with Crippen LogP contribution in [-0.4, -0.2) is 25.3 Å². The van der Waals surface area contributed by atoms with Crippen molar-refractivity contribution in [3.05, 3.63) is 59.2 Å². The minimum atomic E-state index is -0.665. The first-order valence-electron chi connectivity index (χ1n) is 8.82. The van der Waals surface area contributed by atoms with Gasteiger partial charge in [0.05, 0.1) is 25.3 Å². The molecule has 6 nitrogen and oxygen atoms in total. The molecule has 0 atom stereocenters.